The maximum atomic E-state index is 11.6. The van der Waals surface area contributed by atoms with Gasteiger partial charge in [-0.3, -0.25) is 4.79 Å². The van der Waals surface area contributed by atoms with Gasteiger partial charge in [0.15, 0.2) is 16.7 Å². The van der Waals surface area contributed by atoms with Crippen LogP contribution in [0.3, 0.4) is 0 Å². The van der Waals surface area contributed by atoms with E-state index in [0.717, 1.165) is 11.8 Å². The normalized spacial score (nSPS) is 16.2. The molecule has 6 nitrogen and oxygen atoms in total. The molecule has 0 aromatic heterocycles. The third-order valence-electron chi connectivity index (χ3n) is 2.66. The molecule has 20 heavy (non-hydrogen) atoms. The molecule has 0 saturated carbocycles. The highest BCUT2D eigenvalue weighted by Crippen LogP contribution is 2.37. The van der Waals surface area contributed by atoms with Crippen molar-refractivity contribution in [1.82, 2.24) is 0 Å². The lowest BCUT2D eigenvalue weighted by Gasteiger charge is -2.12. The van der Waals surface area contributed by atoms with Crippen LogP contribution in [0.5, 0.6) is 17.2 Å². The molecular weight excluding hydrogens is 280 g/mol. The van der Waals surface area contributed by atoms with E-state index in [4.69, 9.17) is 19.9 Å². The van der Waals surface area contributed by atoms with Gasteiger partial charge in [0.25, 0.3) is 5.91 Å². The van der Waals surface area contributed by atoms with E-state index < -0.39 is 0 Å². The lowest BCUT2D eigenvalue weighted by atomic mass is 10.1. The number of benzene rings is 1. The predicted octanol–water partition coefficient (Wildman–Crippen LogP) is 1.64. The molecule has 0 bridgehead atoms. The van der Waals surface area contributed by atoms with E-state index in [2.05, 4.69) is 4.99 Å². The smallest absolute Gasteiger partial charge is 0.286 e. The second-order valence-electron chi connectivity index (χ2n) is 3.81. The maximum absolute atomic E-state index is 11.6. The summed E-state index contributed by atoms with van der Waals surface area (Å²) in [7, 11) is 4.62. The molecule has 2 N–H and O–H groups in total. The summed E-state index contributed by atoms with van der Waals surface area (Å²) in [5, 5.41) is 0.237. The van der Waals surface area contributed by atoms with Crippen molar-refractivity contribution in [1.29, 1.82) is 0 Å². The van der Waals surface area contributed by atoms with E-state index >= 15 is 0 Å². The van der Waals surface area contributed by atoms with E-state index in [1.54, 1.807) is 25.3 Å². The highest BCUT2D eigenvalue weighted by Gasteiger charge is 2.21. The monoisotopic (exact) mass is 294 g/mol. The number of methoxy groups -OCH3 is 3. The first-order chi connectivity index (χ1) is 9.58. The molecule has 1 aromatic rings. The summed E-state index contributed by atoms with van der Waals surface area (Å²) in [6.45, 7) is 0. The Hall–Kier alpha value is -2.15. The Balaban J connectivity index is 2.46. The highest BCUT2D eigenvalue weighted by molar-refractivity contribution is 8.18. The maximum Gasteiger partial charge on any atom is 0.286 e. The van der Waals surface area contributed by atoms with Gasteiger partial charge < -0.3 is 19.9 Å². The Bertz CT molecular complexity index is 611. The van der Waals surface area contributed by atoms with E-state index in [9.17, 15) is 4.79 Å². The minimum Gasteiger partial charge on any atom is -0.496 e. The third kappa shape index (κ3) is 2.72. The molecule has 2 rings (SSSR count). The van der Waals surface area contributed by atoms with Crippen LogP contribution in [0.2, 0.25) is 0 Å². The molecule has 1 aliphatic heterocycles. The second-order valence-corrected chi connectivity index (χ2v) is 4.88. The Morgan fingerprint density at radius 2 is 1.70 bits per heavy atom. The minimum absolute atomic E-state index is 0.237. The number of hydrogen-bond donors (Lipinski definition) is 1. The van der Waals surface area contributed by atoms with Crippen molar-refractivity contribution in [2.75, 3.05) is 21.3 Å². The molecule has 106 valence electrons. The quantitative estimate of drug-likeness (QED) is 0.850. The van der Waals surface area contributed by atoms with Gasteiger partial charge in [-0.1, -0.05) is 0 Å². The molecule has 0 radical (unpaired) electrons. The first-order valence-electron chi connectivity index (χ1n) is 5.67. The molecule has 1 aromatic carbocycles. The fourth-order valence-corrected chi connectivity index (χ4v) is 2.41. The van der Waals surface area contributed by atoms with Gasteiger partial charge in [-0.05, 0) is 23.9 Å². The van der Waals surface area contributed by atoms with Gasteiger partial charge >= 0.3 is 0 Å². The summed E-state index contributed by atoms with van der Waals surface area (Å²) in [6, 6.07) is 3.42. The Labute approximate surface area is 120 Å². The largest absolute Gasteiger partial charge is 0.496 e. The summed E-state index contributed by atoms with van der Waals surface area (Å²) < 4.78 is 15.7. The van der Waals surface area contributed by atoms with Crippen LogP contribution < -0.4 is 19.9 Å². The summed E-state index contributed by atoms with van der Waals surface area (Å²) in [4.78, 5) is 15.7. The van der Waals surface area contributed by atoms with E-state index in [1.807, 2.05) is 0 Å². The number of ether oxygens (including phenoxy) is 3. The Morgan fingerprint density at radius 3 is 2.20 bits per heavy atom. The van der Waals surface area contributed by atoms with Crippen molar-refractivity contribution in [3.8, 4) is 17.2 Å². The number of hydrogen-bond acceptors (Lipinski definition) is 6. The molecule has 1 aliphatic rings. The zero-order chi connectivity index (χ0) is 14.7. The molecule has 0 fully saturated rings. The fourth-order valence-electron chi connectivity index (χ4n) is 1.73. The van der Waals surface area contributed by atoms with Crippen molar-refractivity contribution in [2.24, 2.45) is 10.7 Å². The lowest BCUT2D eigenvalue weighted by molar-refractivity contribution is -0.113. The zero-order valence-electron chi connectivity index (χ0n) is 11.3. The first kappa shape index (κ1) is 14.3. The number of thioether (sulfide) groups is 1. The van der Waals surface area contributed by atoms with Crippen LogP contribution in [0.4, 0.5) is 0 Å². The zero-order valence-corrected chi connectivity index (χ0v) is 12.1. The molecule has 1 amide bonds. The molecule has 0 spiro atoms. The van der Waals surface area contributed by atoms with Crippen molar-refractivity contribution < 1.29 is 19.0 Å². The van der Waals surface area contributed by atoms with Crippen molar-refractivity contribution in [2.45, 2.75) is 0 Å². The van der Waals surface area contributed by atoms with Crippen molar-refractivity contribution >= 4 is 28.9 Å². The summed E-state index contributed by atoms with van der Waals surface area (Å²) in [5.41, 5.74) is 6.20. The van der Waals surface area contributed by atoms with E-state index in [0.29, 0.717) is 27.7 Å². The molecule has 0 saturated heterocycles. The number of amidine groups is 1. The van der Waals surface area contributed by atoms with Crippen molar-refractivity contribution in [3.63, 3.8) is 0 Å². The van der Waals surface area contributed by atoms with Gasteiger partial charge in [0, 0.05) is 11.6 Å². The minimum atomic E-state index is -0.357. The number of nitrogens with two attached hydrogens (primary N) is 1. The van der Waals surface area contributed by atoms with Crippen molar-refractivity contribution in [3.05, 3.63) is 22.6 Å². The number of aliphatic imine (C=N–C) groups is 1. The topological polar surface area (TPSA) is 83.1 Å². The molecular formula is C13H14N2O4S. The predicted molar refractivity (Wildman–Crippen MR) is 78.3 cm³/mol. The van der Waals surface area contributed by atoms with Gasteiger partial charge in [0.1, 0.15) is 5.75 Å². The van der Waals surface area contributed by atoms with Gasteiger partial charge in [-0.15, -0.1) is 0 Å². The summed E-state index contributed by atoms with van der Waals surface area (Å²) in [6.07, 6.45) is 1.66. The third-order valence-corrected chi connectivity index (χ3v) is 3.47. The highest BCUT2D eigenvalue weighted by atomic mass is 32.2. The fraction of sp³-hybridized carbons (Fsp3) is 0.231. The summed E-state index contributed by atoms with van der Waals surface area (Å²) >= 11 is 1.12. The van der Waals surface area contributed by atoms with Crippen LogP contribution in [0, 0.1) is 0 Å². The average molecular weight is 294 g/mol. The van der Waals surface area contributed by atoms with Crippen LogP contribution in [0.25, 0.3) is 6.08 Å². The van der Waals surface area contributed by atoms with Crippen LogP contribution in [-0.2, 0) is 4.79 Å². The van der Waals surface area contributed by atoms with Gasteiger partial charge in [0.2, 0.25) is 0 Å². The number of nitrogens with zero attached hydrogens (tertiary/aromatic N) is 1. The second kappa shape index (κ2) is 5.87. The first-order valence-corrected chi connectivity index (χ1v) is 6.48. The molecule has 0 aliphatic carbocycles. The van der Waals surface area contributed by atoms with Crippen LogP contribution in [0.1, 0.15) is 5.56 Å². The standard InChI is InChI=1S/C13H14N2O4S/c1-17-8-6-10(19-3)9(18-2)4-7(8)5-11-12(16)15-13(14)20-11/h4-6H,1-3H3,(H2,14,15,16)/b11-5-. The summed E-state index contributed by atoms with van der Waals surface area (Å²) in [5.74, 6) is 1.30. The molecule has 7 heteroatoms. The number of amides is 1. The Kier molecular flexibility index (Phi) is 4.19. The molecule has 0 atom stereocenters. The van der Waals surface area contributed by atoms with E-state index in [-0.39, 0.29) is 11.1 Å². The van der Waals surface area contributed by atoms with Gasteiger partial charge in [0.05, 0.1) is 26.2 Å². The van der Waals surface area contributed by atoms with Gasteiger partial charge in [-0.25, -0.2) is 0 Å². The van der Waals surface area contributed by atoms with Gasteiger partial charge in [-0.2, -0.15) is 4.99 Å². The average Bonchev–Trinajstić information content (AvgIpc) is 2.76. The number of carbonyl (C=O) groups excluding carboxylic acids is 1. The van der Waals surface area contributed by atoms with Crippen LogP contribution >= 0.6 is 11.8 Å². The molecule has 1 heterocycles. The molecule has 0 unspecified atom stereocenters. The van der Waals surface area contributed by atoms with Crippen LogP contribution in [-0.4, -0.2) is 32.4 Å². The van der Waals surface area contributed by atoms with Crippen LogP contribution in [0.15, 0.2) is 22.0 Å². The Morgan fingerprint density at radius 1 is 1.10 bits per heavy atom. The number of rotatable bonds is 4. The lowest BCUT2D eigenvalue weighted by Crippen LogP contribution is -2.01. The SMILES string of the molecule is COc1cc(OC)c(OC)cc1/C=C1\SC(N)=NC1=O. The number of carbonyl (C=O) groups is 1. The van der Waals surface area contributed by atoms with E-state index in [1.165, 1.54) is 14.2 Å².